The highest BCUT2D eigenvalue weighted by Gasteiger charge is 2.20. The Labute approximate surface area is 95.3 Å². The van der Waals surface area contributed by atoms with E-state index in [0.717, 1.165) is 25.8 Å². The quantitative estimate of drug-likeness (QED) is 0.770. The van der Waals surface area contributed by atoms with E-state index in [1.165, 1.54) is 28.2 Å². The molecule has 0 saturated carbocycles. The van der Waals surface area contributed by atoms with E-state index in [1.54, 1.807) is 0 Å². The van der Waals surface area contributed by atoms with E-state index >= 15 is 0 Å². The summed E-state index contributed by atoms with van der Waals surface area (Å²) in [4.78, 5) is 2.87. The Morgan fingerprint density at radius 2 is 2.47 bits per heavy atom. The summed E-state index contributed by atoms with van der Waals surface area (Å²) in [5.74, 6) is 0. The number of aryl methyl sites for hydroxylation is 2. The zero-order valence-electron chi connectivity index (χ0n) is 9.25. The van der Waals surface area contributed by atoms with Crippen LogP contribution in [0.1, 0.15) is 40.7 Å². The van der Waals surface area contributed by atoms with Gasteiger partial charge < -0.3 is 10.4 Å². The molecule has 0 saturated heterocycles. The minimum absolute atomic E-state index is 0.192. The fourth-order valence-electron chi connectivity index (χ4n) is 2.15. The lowest BCUT2D eigenvalue weighted by molar-refractivity contribution is 0.157. The van der Waals surface area contributed by atoms with Crippen LogP contribution in [0.25, 0.3) is 0 Å². The number of rotatable bonds is 4. The van der Waals surface area contributed by atoms with Crippen LogP contribution in [0.2, 0.25) is 0 Å². The van der Waals surface area contributed by atoms with Crippen LogP contribution in [0.15, 0.2) is 6.07 Å². The van der Waals surface area contributed by atoms with E-state index in [0.29, 0.717) is 0 Å². The van der Waals surface area contributed by atoms with Gasteiger partial charge >= 0.3 is 0 Å². The van der Waals surface area contributed by atoms with E-state index in [-0.39, 0.29) is 6.10 Å². The van der Waals surface area contributed by atoms with Gasteiger partial charge in [0.05, 0.1) is 6.10 Å². The third kappa shape index (κ3) is 2.60. The van der Waals surface area contributed by atoms with Gasteiger partial charge in [-0.05, 0) is 57.3 Å². The maximum absolute atomic E-state index is 9.84. The van der Waals surface area contributed by atoms with Crippen LogP contribution in [0, 0.1) is 0 Å². The van der Waals surface area contributed by atoms with Gasteiger partial charge in [-0.3, -0.25) is 0 Å². The van der Waals surface area contributed by atoms with Crippen LogP contribution in [0.4, 0.5) is 0 Å². The van der Waals surface area contributed by atoms with Crippen molar-refractivity contribution in [2.45, 2.75) is 38.2 Å². The fraction of sp³-hybridized carbons (Fsp3) is 0.667. The highest BCUT2D eigenvalue weighted by atomic mass is 32.1. The molecule has 84 valence electrons. The molecule has 1 aliphatic carbocycles. The molecule has 1 heterocycles. The van der Waals surface area contributed by atoms with E-state index in [2.05, 4.69) is 11.4 Å². The van der Waals surface area contributed by atoms with Crippen molar-refractivity contribution in [1.29, 1.82) is 0 Å². The van der Waals surface area contributed by atoms with Crippen LogP contribution < -0.4 is 5.32 Å². The number of thiophene rings is 1. The molecule has 2 nitrogen and oxygen atoms in total. The predicted molar refractivity (Wildman–Crippen MR) is 64.5 cm³/mol. The van der Waals surface area contributed by atoms with Crippen molar-refractivity contribution in [3.8, 4) is 0 Å². The van der Waals surface area contributed by atoms with Crippen molar-refractivity contribution in [1.82, 2.24) is 5.32 Å². The molecule has 0 bridgehead atoms. The van der Waals surface area contributed by atoms with Crippen molar-refractivity contribution >= 4 is 11.3 Å². The molecule has 2 N–H and O–H groups in total. The number of hydrogen-bond acceptors (Lipinski definition) is 3. The number of fused-ring (bicyclic) bond motifs is 1. The van der Waals surface area contributed by atoms with Crippen LogP contribution >= 0.6 is 11.3 Å². The Bertz CT molecular complexity index is 321. The molecule has 0 fully saturated rings. The van der Waals surface area contributed by atoms with Gasteiger partial charge in [0.25, 0.3) is 0 Å². The molecule has 0 spiro atoms. The van der Waals surface area contributed by atoms with E-state index in [1.807, 2.05) is 18.4 Å². The molecule has 1 aromatic heterocycles. The molecule has 0 amide bonds. The first-order valence-corrected chi connectivity index (χ1v) is 6.57. The summed E-state index contributed by atoms with van der Waals surface area (Å²) in [7, 11) is 1.99. The van der Waals surface area contributed by atoms with Gasteiger partial charge in [-0.15, -0.1) is 11.3 Å². The Hall–Kier alpha value is -0.380. The average Bonchev–Trinajstić information content (AvgIpc) is 2.63. The van der Waals surface area contributed by atoms with Crippen molar-refractivity contribution in [2.24, 2.45) is 0 Å². The molecule has 1 unspecified atom stereocenters. The number of hydrogen-bond donors (Lipinski definition) is 2. The largest absolute Gasteiger partial charge is 0.388 e. The summed E-state index contributed by atoms with van der Waals surface area (Å²) in [6.07, 6.45) is 5.40. The third-order valence-electron chi connectivity index (χ3n) is 2.98. The maximum atomic E-state index is 9.84. The minimum atomic E-state index is -0.192. The first-order chi connectivity index (χ1) is 7.31. The second-order valence-corrected chi connectivity index (χ2v) is 5.43. The summed E-state index contributed by atoms with van der Waals surface area (Å²) in [5, 5.41) is 13.0. The van der Waals surface area contributed by atoms with Gasteiger partial charge in [0.15, 0.2) is 0 Å². The molecular weight excluding hydrogens is 206 g/mol. The van der Waals surface area contributed by atoms with Crippen LogP contribution in [-0.4, -0.2) is 18.7 Å². The van der Waals surface area contributed by atoms with Gasteiger partial charge in [-0.2, -0.15) is 0 Å². The van der Waals surface area contributed by atoms with Gasteiger partial charge in [0.1, 0.15) is 0 Å². The molecule has 15 heavy (non-hydrogen) atoms. The fourth-order valence-corrected chi connectivity index (χ4v) is 3.46. The molecule has 0 radical (unpaired) electrons. The number of nitrogens with one attached hydrogen (secondary N) is 1. The second kappa shape index (κ2) is 5.10. The zero-order chi connectivity index (χ0) is 10.7. The summed E-state index contributed by atoms with van der Waals surface area (Å²) in [6, 6.07) is 2.22. The van der Waals surface area contributed by atoms with E-state index in [9.17, 15) is 5.11 Å². The number of aliphatic hydroxyl groups is 1. The predicted octanol–water partition coefficient (Wildman–Crippen LogP) is 2.27. The zero-order valence-corrected chi connectivity index (χ0v) is 10.1. The minimum Gasteiger partial charge on any atom is -0.388 e. The van der Waals surface area contributed by atoms with Crippen molar-refractivity contribution in [2.75, 3.05) is 13.6 Å². The highest BCUT2D eigenvalue weighted by molar-refractivity contribution is 7.12. The molecular formula is C12H19NOS. The Morgan fingerprint density at radius 3 is 3.20 bits per heavy atom. The third-order valence-corrected chi connectivity index (χ3v) is 4.25. The Balaban J connectivity index is 2.01. The normalized spacial score (nSPS) is 20.3. The first kappa shape index (κ1) is 11.1. The average molecular weight is 225 g/mol. The van der Waals surface area contributed by atoms with Crippen molar-refractivity contribution < 1.29 is 5.11 Å². The topological polar surface area (TPSA) is 32.3 Å². The van der Waals surface area contributed by atoms with E-state index in [4.69, 9.17) is 0 Å². The molecule has 2 rings (SSSR count). The first-order valence-electron chi connectivity index (χ1n) is 5.75. The summed E-state index contributed by atoms with van der Waals surface area (Å²) >= 11 is 1.90. The molecule has 1 aromatic rings. The summed E-state index contributed by atoms with van der Waals surface area (Å²) in [5.41, 5.74) is 1.21. The maximum Gasteiger partial charge on any atom is 0.0801 e. The van der Waals surface area contributed by atoms with Gasteiger partial charge in [-0.25, -0.2) is 0 Å². The molecule has 0 aromatic carbocycles. The summed E-state index contributed by atoms with van der Waals surface area (Å²) < 4.78 is 0. The van der Waals surface area contributed by atoms with Crippen LogP contribution in [-0.2, 0) is 12.8 Å². The lowest BCUT2D eigenvalue weighted by Crippen LogP contribution is -2.07. The van der Waals surface area contributed by atoms with Gasteiger partial charge in [0.2, 0.25) is 0 Å². The van der Waals surface area contributed by atoms with Crippen molar-refractivity contribution in [3.05, 3.63) is 21.4 Å². The molecule has 3 heteroatoms. The molecule has 0 aliphatic heterocycles. The van der Waals surface area contributed by atoms with Gasteiger partial charge in [0, 0.05) is 9.75 Å². The number of aliphatic hydroxyl groups excluding tert-OH is 1. The SMILES string of the molecule is CNCCCc1cc2c(s1)CCCC2O. The summed E-state index contributed by atoms with van der Waals surface area (Å²) in [6.45, 7) is 1.07. The van der Waals surface area contributed by atoms with E-state index < -0.39 is 0 Å². The standard InChI is InChI=1S/C12H19NOS/c1-13-7-3-4-9-8-10-11(14)5-2-6-12(10)15-9/h8,11,13-14H,2-7H2,1H3. The smallest absolute Gasteiger partial charge is 0.0801 e. The van der Waals surface area contributed by atoms with Crippen LogP contribution in [0.5, 0.6) is 0 Å². The Morgan fingerprint density at radius 1 is 1.60 bits per heavy atom. The van der Waals surface area contributed by atoms with Gasteiger partial charge in [-0.1, -0.05) is 0 Å². The van der Waals surface area contributed by atoms with Crippen molar-refractivity contribution in [3.63, 3.8) is 0 Å². The van der Waals surface area contributed by atoms with Crippen LogP contribution in [0.3, 0.4) is 0 Å². The Kier molecular flexibility index (Phi) is 3.78. The monoisotopic (exact) mass is 225 g/mol. The lowest BCUT2D eigenvalue weighted by atomic mass is 9.96. The molecule has 1 aliphatic rings. The highest BCUT2D eigenvalue weighted by Crippen LogP contribution is 2.35. The lowest BCUT2D eigenvalue weighted by Gasteiger charge is -2.16. The second-order valence-electron chi connectivity index (χ2n) is 4.21. The molecule has 1 atom stereocenters.